The van der Waals surface area contributed by atoms with E-state index in [4.69, 9.17) is 9.47 Å². The minimum atomic E-state index is -0.712. The lowest BCUT2D eigenvalue weighted by atomic mass is 10.2. The number of hydrogen-bond acceptors (Lipinski definition) is 6. The van der Waals surface area contributed by atoms with Crippen LogP contribution in [0.4, 0.5) is 11.4 Å². The van der Waals surface area contributed by atoms with Crippen LogP contribution in [0.25, 0.3) is 0 Å². The Labute approximate surface area is 179 Å². The van der Waals surface area contributed by atoms with Crippen LogP contribution in [0.15, 0.2) is 84.9 Å². The van der Waals surface area contributed by atoms with Crippen molar-refractivity contribution < 1.29 is 23.9 Å². The molecule has 3 N–H and O–H groups in total. The number of anilines is 2. The van der Waals surface area contributed by atoms with E-state index in [1.54, 1.807) is 42.5 Å². The molecule has 3 rings (SSSR count). The van der Waals surface area contributed by atoms with Gasteiger partial charge in [-0.15, -0.1) is 0 Å². The van der Waals surface area contributed by atoms with Gasteiger partial charge in [0, 0.05) is 16.9 Å². The Kier molecular flexibility index (Phi) is 7.59. The Balaban J connectivity index is 1.34. The minimum absolute atomic E-state index is 0.352. The molecule has 0 radical (unpaired) electrons. The molecule has 0 saturated carbocycles. The first-order chi connectivity index (χ1) is 15.1. The monoisotopic (exact) mass is 419 g/mol. The molecule has 8 nitrogen and oxygen atoms in total. The number of rotatable bonds is 8. The third-order valence-electron chi connectivity index (χ3n) is 3.99. The van der Waals surface area contributed by atoms with E-state index < -0.39 is 24.4 Å². The van der Waals surface area contributed by atoms with Gasteiger partial charge < -0.3 is 14.8 Å². The summed E-state index contributed by atoms with van der Waals surface area (Å²) in [5.41, 5.74) is 6.62. The highest BCUT2D eigenvalue weighted by molar-refractivity contribution is 5.95. The van der Waals surface area contributed by atoms with Crippen LogP contribution < -0.4 is 20.9 Å². The van der Waals surface area contributed by atoms with Crippen molar-refractivity contribution in [2.24, 2.45) is 0 Å². The topological polar surface area (TPSA) is 106 Å². The summed E-state index contributed by atoms with van der Waals surface area (Å²) in [6.07, 6.45) is 0. The number of hydrazine groups is 1. The van der Waals surface area contributed by atoms with Crippen LogP contribution >= 0.6 is 0 Å². The normalized spacial score (nSPS) is 9.94. The number of amides is 2. The average molecular weight is 419 g/mol. The number of carbonyl (C=O) groups excluding carboxylic acids is 3. The van der Waals surface area contributed by atoms with Crippen molar-refractivity contribution in [2.75, 3.05) is 18.5 Å². The van der Waals surface area contributed by atoms with Crippen LogP contribution in [0.2, 0.25) is 0 Å². The zero-order valence-electron chi connectivity index (χ0n) is 16.5. The van der Waals surface area contributed by atoms with Gasteiger partial charge >= 0.3 is 5.97 Å². The van der Waals surface area contributed by atoms with Crippen LogP contribution in [0, 0.1) is 0 Å². The van der Waals surface area contributed by atoms with Crippen molar-refractivity contribution in [1.82, 2.24) is 10.9 Å². The van der Waals surface area contributed by atoms with E-state index in [2.05, 4.69) is 16.2 Å². The summed E-state index contributed by atoms with van der Waals surface area (Å²) < 4.78 is 10.2. The molecule has 2 amide bonds. The number of para-hydroxylation sites is 1. The molecule has 31 heavy (non-hydrogen) atoms. The summed E-state index contributed by atoms with van der Waals surface area (Å²) in [4.78, 5) is 35.3. The second-order valence-electron chi connectivity index (χ2n) is 6.33. The maximum Gasteiger partial charge on any atom is 0.344 e. The molecule has 3 aromatic rings. The summed E-state index contributed by atoms with van der Waals surface area (Å²) in [6.45, 7) is -0.897. The van der Waals surface area contributed by atoms with Crippen molar-refractivity contribution in [3.05, 3.63) is 90.5 Å². The molecule has 0 saturated heterocycles. The number of ether oxygens (including phenoxy) is 2. The van der Waals surface area contributed by atoms with Gasteiger partial charge in [0.1, 0.15) is 5.75 Å². The number of benzene rings is 3. The second kappa shape index (κ2) is 11.0. The van der Waals surface area contributed by atoms with Crippen LogP contribution in [0.1, 0.15) is 10.4 Å². The smallest absolute Gasteiger partial charge is 0.344 e. The van der Waals surface area contributed by atoms with Crippen molar-refractivity contribution in [2.45, 2.75) is 0 Å². The molecule has 3 aromatic carbocycles. The lowest BCUT2D eigenvalue weighted by Gasteiger charge is -2.10. The third kappa shape index (κ3) is 7.21. The van der Waals surface area contributed by atoms with Crippen LogP contribution in [-0.4, -0.2) is 31.0 Å². The lowest BCUT2D eigenvalue weighted by molar-refractivity contribution is -0.150. The fraction of sp³-hybridized carbons (Fsp3) is 0.0870. The molecule has 0 bridgehead atoms. The second-order valence-corrected chi connectivity index (χ2v) is 6.33. The summed E-state index contributed by atoms with van der Waals surface area (Å²) in [6, 6.07) is 25.1. The van der Waals surface area contributed by atoms with Crippen molar-refractivity contribution in [1.29, 1.82) is 0 Å². The highest BCUT2D eigenvalue weighted by Crippen LogP contribution is 2.19. The molecule has 0 heterocycles. The molecular weight excluding hydrogens is 398 g/mol. The summed E-state index contributed by atoms with van der Waals surface area (Å²) in [7, 11) is 0. The summed E-state index contributed by atoms with van der Waals surface area (Å²) in [5, 5.41) is 3.24. The van der Waals surface area contributed by atoms with Gasteiger partial charge in [0.15, 0.2) is 13.2 Å². The molecule has 0 aliphatic carbocycles. The van der Waals surface area contributed by atoms with Gasteiger partial charge in [-0.1, -0.05) is 36.4 Å². The first kappa shape index (κ1) is 21.4. The van der Waals surface area contributed by atoms with E-state index in [1.165, 1.54) is 0 Å². The van der Waals surface area contributed by atoms with E-state index in [0.717, 1.165) is 11.4 Å². The van der Waals surface area contributed by atoms with Gasteiger partial charge in [0.25, 0.3) is 11.8 Å². The molecule has 0 aliphatic rings. The fourth-order valence-corrected chi connectivity index (χ4v) is 2.48. The lowest BCUT2D eigenvalue weighted by Crippen LogP contribution is -2.43. The first-order valence-electron chi connectivity index (χ1n) is 9.45. The predicted octanol–water partition coefficient (Wildman–Crippen LogP) is 2.81. The van der Waals surface area contributed by atoms with Gasteiger partial charge in [-0.3, -0.25) is 20.4 Å². The van der Waals surface area contributed by atoms with E-state index in [9.17, 15) is 14.4 Å². The highest BCUT2D eigenvalue weighted by Gasteiger charge is 2.10. The Morgan fingerprint density at radius 1 is 0.677 bits per heavy atom. The van der Waals surface area contributed by atoms with Crippen molar-refractivity contribution in [3.8, 4) is 5.75 Å². The number of hydrogen-bond donors (Lipinski definition) is 3. The quantitative estimate of drug-likeness (QED) is 0.383. The van der Waals surface area contributed by atoms with Crippen LogP contribution in [0.5, 0.6) is 5.75 Å². The number of carbonyl (C=O) groups is 3. The third-order valence-corrected chi connectivity index (χ3v) is 3.99. The predicted molar refractivity (Wildman–Crippen MR) is 115 cm³/mol. The Hall–Kier alpha value is -4.33. The summed E-state index contributed by atoms with van der Waals surface area (Å²) >= 11 is 0. The van der Waals surface area contributed by atoms with Crippen molar-refractivity contribution >= 4 is 29.2 Å². The van der Waals surface area contributed by atoms with Gasteiger partial charge in [-0.05, 0) is 48.5 Å². The Morgan fingerprint density at radius 3 is 1.97 bits per heavy atom. The van der Waals surface area contributed by atoms with Gasteiger partial charge in [-0.2, -0.15) is 0 Å². The Morgan fingerprint density at radius 2 is 1.29 bits per heavy atom. The zero-order chi connectivity index (χ0) is 21.9. The van der Waals surface area contributed by atoms with Gasteiger partial charge in [0.05, 0.1) is 0 Å². The average Bonchev–Trinajstić information content (AvgIpc) is 2.82. The maximum absolute atomic E-state index is 11.8. The molecule has 0 fully saturated rings. The fourth-order valence-electron chi connectivity index (χ4n) is 2.48. The largest absolute Gasteiger partial charge is 0.482 e. The van der Waals surface area contributed by atoms with Crippen LogP contribution in [-0.2, 0) is 14.3 Å². The first-order valence-corrected chi connectivity index (χ1v) is 9.45. The van der Waals surface area contributed by atoms with E-state index in [1.807, 2.05) is 42.5 Å². The maximum atomic E-state index is 11.8. The van der Waals surface area contributed by atoms with Gasteiger partial charge in [0.2, 0.25) is 0 Å². The SMILES string of the molecule is O=C(COC(=O)COc1ccc(Nc2ccccc2)cc1)NNC(=O)c1ccccc1. The van der Waals surface area contributed by atoms with E-state index in [-0.39, 0.29) is 6.61 Å². The molecule has 158 valence electrons. The Bertz CT molecular complexity index is 1010. The highest BCUT2D eigenvalue weighted by atomic mass is 16.6. The van der Waals surface area contributed by atoms with Crippen LogP contribution in [0.3, 0.4) is 0 Å². The minimum Gasteiger partial charge on any atom is -0.482 e. The number of nitrogens with one attached hydrogen (secondary N) is 3. The molecular formula is C23H21N3O5. The van der Waals surface area contributed by atoms with Crippen molar-refractivity contribution in [3.63, 3.8) is 0 Å². The molecule has 0 atom stereocenters. The zero-order valence-corrected chi connectivity index (χ0v) is 16.5. The molecule has 0 spiro atoms. The number of esters is 1. The molecule has 8 heteroatoms. The van der Waals surface area contributed by atoms with E-state index >= 15 is 0 Å². The van der Waals surface area contributed by atoms with Gasteiger partial charge in [-0.25, -0.2) is 4.79 Å². The summed E-state index contributed by atoms with van der Waals surface area (Å²) in [5.74, 6) is -1.38. The standard InChI is InChI=1S/C23H21N3O5/c27-21(25-26-23(29)17-7-3-1-4-8-17)15-31-22(28)16-30-20-13-11-19(12-14-20)24-18-9-5-2-6-10-18/h1-14,24H,15-16H2,(H,25,27)(H,26,29). The van der Waals surface area contributed by atoms with E-state index in [0.29, 0.717) is 11.3 Å². The molecule has 0 aliphatic heterocycles. The molecule has 0 aromatic heterocycles. The molecule has 0 unspecified atom stereocenters.